The number of hydrogen-bond acceptors (Lipinski definition) is 4. The Balaban J connectivity index is 1.68. The lowest BCUT2D eigenvalue weighted by Gasteiger charge is -2.18. The summed E-state index contributed by atoms with van der Waals surface area (Å²) in [6, 6.07) is 12.4. The number of aryl methyl sites for hydroxylation is 1. The maximum atomic E-state index is 12.4. The van der Waals surface area contributed by atoms with Crippen molar-refractivity contribution in [2.24, 2.45) is 5.73 Å². The Morgan fingerprint density at radius 3 is 2.48 bits per heavy atom. The Morgan fingerprint density at radius 1 is 1.09 bits per heavy atom. The molecular formula is C18H20N2O3. The summed E-state index contributed by atoms with van der Waals surface area (Å²) in [7, 11) is 0. The minimum absolute atomic E-state index is 0.173. The van der Waals surface area contributed by atoms with Gasteiger partial charge >= 0.3 is 0 Å². The molecule has 2 unspecified atom stereocenters. The third kappa shape index (κ3) is 3.29. The molecule has 3 rings (SSSR count). The van der Waals surface area contributed by atoms with Crippen molar-refractivity contribution in [1.29, 1.82) is 0 Å². The quantitative estimate of drug-likeness (QED) is 0.910. The van der Waals surface area contributed by atoms with Crippen LogP contribution in [0.3, 0.4) is 0 Å². The van der Waals surface area contributed by atoms with Crippen molar-refractivity contribution in [3.63, 3.8) is 0 Å². The smallest absolute Gasteiger partial charge is 0.241 e. The maximum absolute atomic E-state index is 12.4. The molecule has 1 amide bonds. The SMILES string of the molecule is Cc1ccc(C(N)C(=O)NC(C)c2ccc3c(c2)OCO3)cc1. The van der Waals surface area contributed by atoms with Gasteiger partial charge in [-0.25, -0.2) is 0 Å². The number of nitrogens with two attached hydrogens (primary N) is 1. The monoisotopic (exact) mass is 312 g/mol. The minimum Gasteiger partial charge on any atom is -0.454 e. The summed E-state index contributed by atoms with van der Waals surface area (Å²) in [6.07, 6.45) is 0. The molecular weight excluding hydrogens is 292 g/mol. The van der Waals surface area contributed by atoms with Crippen molar-refractivity contribution in [3.05, 3.63) is 59.2 Å². The zero-order valence-electron chi connectivity index (χ0n) is 13.2. The molecule has 2 aromatic carbocycles. The number of carbonyl (C=O) groups excluding carboxylic acids is 1. The highest BCUT2D eigenvalue weighted by molar-refractivity contribution is 5.83. The first-order valence-corrected chi connectivity index (χ1v) is 7.56. The summed E-state index contributed by atoms with van der Waals surface area (Å²) in [5.74, 6) is 1.22. The Kier molecular flexibility index (Phi) is 4.21. The molecule has 2 atom stereocenters. The standard InChI is InChI=1S/C18H20N2O3/c1-11-3-5-13(6-4-11)17(19)18(21)20-12(2)14-7-8-15-16(9-14)23-10-22-15/h3-9,12,17H,10,19H2,1-2H3,(H,20,21). The van der Waals surface area contributed by atoms with E-state index >= 15 is 0 Å². The molecule has 0 fully saturated rings. The van der Waals surface area contributed by atoms with Crippen LogP contribution < -0.4 is 20.5 Å². The van der Waals surface area contributed by atoms with Crippen LogP contribution in [0, 0.1) is 6.92 Å². The van der Waals surface area contributed by atoms with Gasteiger partial charge in [-0.05, 0) is 37.1 Å². The van der Waals surface area contributed by atoms with Gasteiger partial charge in [0.25, 0.3) is 0 Å². The van der Waals surface area contributed by atoms with E-state index in [0.717, 1.165) is 22.4 Å². The van der Waals surface area contributed by atoms with Crippen LogP contribution in [0.2, 0.25) is 0 Å². The summed E-state index contributed by atoms with van der Waals surface area (Å²) in [6.45, 7) is 4.15. The molecule has 0 radical (unpaired) electrons. The molecule has 0 aromatic heterocycles. The molecule has 5 nitrogen and oxygen atoms in total. The lowest BCUT2D eigenvalue weighted by Crippen LogP contribution is -2.35. The summed E-state index contributed by atoms with van der Waals surface area (Å²) in [5.41, 5.74) is 8.92. The number of benzene rings is 2. The van der Waals surface area contributed by atoms with Crippen LogP contribution >= 0.6 is 0 Å². The minimum atomic E-state index is -0.688. The molecule has 0 saturated carbocycles. The molecule has 1 aliphatic heterocycles. The molecule has 0 saturated heterocycles. The predicted octanol–water partition coefficient (Wildman–Crippen LogP) is 2.60. The summed E-state index contributed by atoms with van der Waals surface area (Å²) < 4.78 is 10.7. The molecule has 0 spiro atoms. The second-order valence-corrected chi connectivity index (χ2v) is 5.73. The number of hydrogen-bond donors (Lipinski definition) is 2. The number of rotatable bonds is 4. The van der Waals surface area contributed by atoms with E-state index in [1.54, 1.807) is 0 Å². The molecule has 0 aliphatic carbocycles. The number of amides is 1. The molecule has 0 bridgehead atoms. The van der Waals surface area contributed by atoms with Crippen LogP contribution in [0.1, 0.15) is 35.7 Å². The average molecular weight is 312 g/mol. The van der Waals surface area contributed by atoms with Crippen molar-refractivity contribution in [2.45, 2.75) is 25.9 Å². The van der Waals surface area contributed by atoms with Gasteiger partial charge in [-0.3, -0.25) is 4.79 Å². The van der Waals surface area contributed by atoms with E-state index < -0.39 is 6.04 Å². The Bertz CT molecular complexity index is 713. The second kappa shape index (κ2) is 6.30. The summed E-state index contributed by atoms with van der Waals surface area (Å²) >= 11 is 0. The van der Waals surface area contributed by atoms with Gasteiger partial charge in [0.05, 0.1) is 6.04 Å². The van der Waals surface area contributed by atoms with E-state index in [1.807, 2.05) is 56.3 Å². The van der Waals surface area contributed by atoms with E-state index in [4.69, 9.17) is 15.2 Å². The van der Waals surface area contributed by atoms with Crippen LogP contribution in [-0.4, -0.2) is 12.7 Å². The lowest BCUT2D eigenvalue weighted by molar-refractivity contribution is -0.123. The first-order chi connectivity index (χ1) is 11.0. The summed E-state index contributed by atoms with van der Waals surface area (Å²) in [4.78, 5) is 12.4. The normalized spacial score (nSPS) is 15.1. The predicted molar refractivity (Wildman–Crippen MR) is 87.2 cm³/mol. The highest BCUT2D eigenvalue weighted by Gasteiger charge is 2.20. The third-order valence-electron chi connectivity index (χ3n) is 3.97. The molecule has 5 heteroatoms. The Morgan fingerprint density at radius 2 is 1.74 bits per heavy atom. The molecule has 2 aromatic rings. The average Bonchev–Trinajstić information content (AvgIpc) is 3.02. The highest BCUT2D eigenvalue weighted by atomic mass is 16.7. The first kappa shape index (κ1) is 15.4. The van der Waals surface area contributed by atoms with Crippen LogP contribution in [0.4, 0.5) is 0 Å². The second-order valence-electron chi connectivity index (χ2n) is 5.73. The fourth-order valence-electron chi connectivity index (χ4n) is 2.49. The van der Waals surface area contributed by atoms with Gasteiger partial charge in [0.15, 0.2) is 11.5 Å². The van der Waals surface area contributed by atoms with Crippen LogP contribution in [0.15, 0.2) is 42.5 Å². The number of nitrogens with one attached hydrogen (secondary N) is 1. The van der Waals surface area contributed by atoms with Gasteiger partial charge in [0.2, 0.25) is 12.7 Å². The lowest BCUT2D eigenvalue weighted by atomic mass is 10.0. The van der Waals surface area contributed by atoms with Crippen LogP contribution in [0.25, 0.3) is 0 Å². The molecule has 120 valence electrons. The first-order valence-electron chi connectivity index (χ1n) is 7.56. The van der Waals surface area contributed by atoms with Crippen LogP contribution in [-0.2, 0) is 4.79 Å². The Hall–Kier alpha value is -2.53. The topological polar surface area (TPSA) is 73.6 Å². The number of carbonyl (C=O) groups is 1. The van der Waals surface area contributed by atoms with Gasteiger partial charge in [-0.1, -0.05) is 35.9 Å². The van der Waals surface area contributed by atoms with Gasteiger partial charge in [-0.2, -0.15) is 0 Å². The maximum Gasteiger partial charge on any atom is 0.241 e. The number of ether oxygens (including phenoxy) is 2. The van der Waals surface area contributed by atoms with E-state index in [0.29, 0.717) is 5.75 Å². The summed E-state index contributed by atoms with van der Waals surface area (Å²) in [5, 5.41) is 2.94. The zero-order chi connectivity index (χ0) is 16.4. The number of fused-ring (bicyclic) bond motifs is 1. The van der Waals surface area contributed by atoms with Crippen molar-refractivity contribution in [3.8, 4) is 11.5 Å². The van der Waals surface area contributed by atoms with E-state index in [2.05, 4.69) is 5.32 Å². The van der Waals surface area contributed by atoms with Gasteiger partial charge in [-0.15, -0.1) is 0 Å². The Labute approximate surface area is 135 Å². The van der Waals surface area contributed by atoms with Gasteiger partial charge in [0, 0.05) is 0 Å². The highest BCUT2D eigenvalue weighted by Crippen LogP contribution is 2.34. The molecule has 23 heavy (non-hydrogen) atoms. The largest absolute Gasteiger partial charge is 0.454 e. The van der Waals surface area contributed by atoms with Gasteiger partial charge < -0.3 is 20.5 Å². The van der Waals surface area contributed by atoms with Crippen molar-refractivity contribution >= 4 is 5.91 Å². The third-order valence-corrected chi connectivity index (χ3v) is 3.97. The van der Waals surface area contributed by atoms with Gasteiger partial charge in [0.1, 0.15) is 6.04 Å². The fraction of sp³-hybridized carbons (Fsp3) is 0.278. The van der Waals surface area contributed by atoms with E-state index in [9.17, 15) is 4.79 Å². The molecule has 3 N–H and O–H groups in total. The van der Waals surface area contributed by atoms with Crippen LogP contribution in [0.5, 0.6) is 11.5 Å². The van der Waals surface area contributed by atoms with Crippen molar-refractivity contribution < 1.29 is 14.3 Å². The molecule has 1 heterocycles. The fourth-order valence-corrected chi connectivity index (χ4v) is 2.49. The van der Waals surface area contributed by atoms with E-state index in [-0.39, 0.29) is 18.7 Å². The zero-order valence-corrected chi connectivity index (χ0v) is 13.2. The van der Waals surface area contributed by atoms with Crippen molar-refractivity contribution in [1.82, 2.24) is 5.32 Å². The molecule has 1 aliphatic rings. The van der Waals surface area contributed by atoms with Crippen molar-refractivity contribution in [2.75, 3.05) is 6.79 Å². The van der Waals surface area contributed by atoms with E-state index in [1.165, 1.54) is 0 Å².